The van der Waals surface area contributed by atoms with Gasteiger partial charge in [-0.15, -0.1) is 0 Å². The van der Waals surface area contributed by atoms with Crippen molar-refractivity contribution in [3.8, 4) is 6.07 Å². The number of aliphatic hydroxyl groups excluding tert-OH is 1. The van der Waals surface area contributed by atoms with Crippen molar-refractivity contribution in [3.05, 3.63) is 28.8 Å². The molecule has 3 aliphatic rings. The van der Waals surface area contributed by atoms with Crippen LogP contribution in [0.25, 0.3) is 0 Å². The van der Waals surface area contributed by atoms with Gasteiger partial charge in [0.2, 0.25) is 0 Å². The molecule has 3 amide bonds. The molecule has 1 unspecified atom stereocenters. The molecule has 0 bridgehead atoms. The van der Waals surface area contributed by atoms with Gasteiger partial charge in [0.15, 0.2) is 0 Å². The molecule has 1 aromatic carbocycles. The van der Waals surface area contributed by atoms with Gasteiger partial charge in [-0.1, -0.05) is 0 Å². The second kappa shape index (κ2) is 5.07. The number of amides is 3. The molecule has 2 aliphatic heterocycles. The summed E-state index contributed by atoms with van der Waals surface area (Å²) in [7, 11) is 0. The van der Waals surface area contributed by atoms with E-state index < -0.39 is 12.1 Å². The highest BCUT2D eigenvalue weighted by Crippen LogP contribution is 2.37. The van der Waals surface area contributed by atoms with E-state index in [1.54, 1.807) is 12.1 Å². The molecule has 0 spiro atoms. The summed E-state index contributed by atoms with van der Waals surface area (Å²) >= 11 is 0. The average molecular weight is 311 g/mol. The predicted molar refractivity (Wildman–Crippen MR) is 81.8 cm³/mol. The molecular weight excluding hydrogens is 294 g/mol. The van der Waals surface area contributed by atoms with Gasteiger partial charge < -0.3 is 10.0 Å². The summed E-state index contributed by atoms with van der Waals surface area (Å²) in [6.45, 7) is 0.408. The SMILES string of the molecule is N#Cc1ccc(N2C(=O)[C@@H]3C(O)CCN3C2=O)c2c1CCCC2. The number of nitrogens with zero attached hydrogens (tertiary/aromatic N) is 3. The highest BCUT2D eigenvalue weighted by atomic mass is 16.3. The van der Waals surface area contributed by atoms with E-state index in [-0.39, 0.29) is 11.9 Å². The summed E-state index contributed by atoms with van der Waals surface area (Å²) in [6, 6.07) is 4.49. The van der Waals surface area contributed by atoms with E-state index >= 15 is 0 Å². The van der Waals surface area contributed by atoms with E-state index in [1.165, 1.54) is 9.80 Å². The zero-order valence-electron chi connectivity index (χ0n) is 12.7. The molecule has 2 heterocycles. The number of carbonyl (C=O) groups is 2. The minimum absolute atomic E-state index is 0.350. The Kier molecular flexibility index (Phi) is 3.13. The van der Waals surface area contributed by atoms with Crippen molar-refractivity contribution < 1.29 is 14.7 Å². The first-order valence-electron chi connectivity index (χ1n) is 8.01. The van der Waals surface area contributed by atoms with Crippen LogP contribution >= 0.6 is 0 Å². The number of hydrogen-bond donors (Lipinski definition) is 1. The van der Waals surface area contributed by atoms with Crippen LogP contribution in [-0.2, 0) is 17.6 Å². The van der Waals surface area contributed by atoms with Crippen molar-refractivity contribution in [2.45, 2.75) is 44.2 Å². The van der Waals surface area contributed by atoms with Crippen molar-refractivity contribution in [3.63, 3.8) is 0 Å². The number of urea groups is 1. The molecule has 0 radical (unpaired) electrons. The lowest BCUT2D eigenvalue weighted by atomic mass is 9.87. The van der Waals surface area contributed by atoms with Gasteiger partial charge in [-0.25, -0.2) is 9.69 Å². The van der Waals surface area contributed by atoms with E-state index in [0.717, 1.165) is 36.8 Å². The van der Waals surface area contributed by atoms with E-state index in [9.17, 15) is 20.0 Å². The molecule has 0 saturated carbocycles. The summed E-state index contributed by atoms with van der Waals surface area (Å²) < 4.78 is 0. The van der Waals surface area contributed by atoms with Gasteiger partial charge in [0.1, 0.15) is 6.04 Å². The summed E-state index contributed by atoms with van der Waals surface area (Å²) in [5, 5.41) is 19.3. The standard InChI is InChI=1S/C17H17N3O3/c18-9-10-5-6-13(12-4-2-1-3-11(10)12)20-16(22)15-14(21)7-8-19(15)17(20)23/h5-6,14-15,21H,1-4,7-8H2/t14?,15-/m0/s1. The minimum Gasteiger partial charge on any atom is -0.390 e. The van der Waals surface area contributed by atoms with Crippen LogP contribution in [0.5, 0.6) is 0 Å². The lowest BCUT2D eigenvalue weighted by molar-refractivity contribution is -0.121. The first-order chi connectivity index (χ1) is 11.1. The van der Waals surface area contributed by atoms with Gasteiger partial charge in [-0.2, -0.15) is 5.26 Å². The first kappa shape index (κ1) is 14.2. The van der Waals surface area contributed by atoms with Gasteiger partial charge in [0.05, 0.1) is 23.4 Å². The Morgan fingerprint density at radius 3 is 2.61 bits per heavy atom. The maximum Gasteiger partial charge on any atom is 0.332 e. The summed E-state index contributed by atoms with van der Waals surface area (Å²) in [4.78, 5) is 28.0. The zero-order valence-corrected chi connectivity index (χ0v) is 12.7. The van der Waals surface area contributed by atoms with Crippen LogP contribution in [0.3, 0.4) is 0 Å². The Bertz CT molecular complexity index is 752. The number of fused-ring (bicyclic) bond motifs is 2. The molecule has 1 aliphatic carbocycles. The first-order valence-corrected chi connectivity index (χ1v) is 8.01. The van der Waals surface area contributed by atoms with Gasteiger partial charge in [-0.3, -0.25) is 4.79 Å². The topological polar surface area (TPSA) is 84.6 Å². The monoisotopic (exact) mass is 311 g/mol. The summed E-state index contributed by atoms with van der Waals surface area (Å²) in [5.41, 5.74) is 3.12. The molecule has 4 rings (SSSR count). The maximum absolute atomic E-state index is 12.7. The predicted octanol–water partition coefficient (Wildman–Crippen LogP) is 1.34. The molecule has 2 atom stereocenters. The Morgan fingerprint density at radius 1 is 1.17 bits per heavy atom. The lowest BCUT2D eigenvalue weighted by Crippen LogP contribution is -2.37. The van der Waals surface area contributed by atoms with E-state index in [0.29, 0.717) is 24.2 Å². The quantitative estimate of drug-likeness (QED) is 0.793. The molecule has 118 valence electrons. The second-order valence-corrected chi connectivity index (χ2v) is 6.36. The summed E-state index contributed by atoms with van der Waals surface area (Å²) in [6.07, 6.45) is 3.23. The Balaban J connectivity index is 1.81. The fraction of sp³-hybridized carbons (Fsp3) is 0.471. The van der Waals surface area contributed by atoms with Crippen LogP contribution in [0.4, 0.5) is 10.5 Å². The molecule has 0 aromatic heterocycles. The molecule has 6 nitrogen and oxygen atoms in total. The van der Waals surface area contributed by atoms with Gasteiger partial charge in [0.25, 0.3) is 5.91 Å². The fourth-order valence-corrected chi connectivity index (χ4v) is 4.03. The summed E-state index contributed by atoms with van der Waals surface area (Å²) in [5.74, 6) is -0.350. The molecule has 1 N–H and O–H groups in total. The van der Waals surface area contributed by atoms with E-state index in [4.69, 9.17) is 0 Å². The third-order valence-corrected chi connectivity index (χ3v) is 5.15. The van der Waals surface area contributed by atoms with Gasteiger partial charge >= 0.3 is 6.03 Å². The van der Waals surface area contributed by atoms with Crippen LogP contribution in [-0.4, -0.2) is 40.6 Å². The van der Waals surface area contributed by atoms with Crippen molar-refractivity contribution in [2.75, 3.05) is 11.4 Å². The molecular formula is C17H17N3O3. The van der Waals surface area contributed by atoms with Crippen molar-refractivity contribution in [1.82, 2.24) is 4.90 Å². The third-order valence-electron chi connectivity index (χ3n) is 5.15. The van der Waals surface area contributed by atoms with Crippen LogP contribution in [0.2, 0.25) is 0 Å². The normalized spacial score (nSPS) is 26.3. The average Bonchev–Trinajstić information content (AvgIpc) is 3.07. The maximum atomic E-state index is 12.7. The van der Waals surface area contributed by atoms with Crippen LogP contribution < -0.4 is 4.90 Å². The van der Waals surface area contributed by atoms with E-state index in [2.05, 4.69) is 6.07 Å². The minimum atomic E-state index is -0.786. The highest BCUT2D eigenvalue weighted by Gasteiger charge is 2.53. The molecule has 1 aromatic rings. The third kappa shape index (κ3) is 1.90. The molecule has 23 heavy (non-hydrogen) atoms. The van der Waals surface area contributed by atoms with Gasteiger partial charge in [0, 0.05) is 6.54 Å². The number of benzene rings is 1. The highest BCUT2D eigenvalue weighted by molar-refractivity contribution is 6.22. The number of aliphatic hydroxyl groups is 1. The van der Waals surface area contributed by atoms with Gasteiger partial charge in [-0.05, 0) is 55.4 Å². The molecule has 2 saturated heterocycles. The largest absolute Gasteiger partial charge is 0.390 e. The number of nitriles is 1. The number of anilines is 1. The number of rotatable bonds is 1. The van der Waals surface area contributed by atoms with Crippen molar-refractivity contribution >= 4 is 17.6 Å². The van der Waals surface area contributed by atoms with Crippen molar-refractivity contribution in [2.24, 2.45) is 0 Å². The number of imide groups is 1. The molecule has 2 fully saturated rings. The van der Waals surface area contributed by atoms with Crippen LogP contribution in [0, 0.1) is 11.3 Å². The fourth-order valence-electron chi connectivity index (χ4n) is 4.03. The van der Waals surface area contributed by atoms with Crippen LogP contribution in [0.1, 0.15) is 36.0 Å². The Morgan fingerprint density at radius 2 is 1.91 bits per heavy atom. The Hall–Kier alpha value is -2.39. The van der Waals surface area contributed by atoms with Crippen molar-refractivity contribution in [1.29, 1.82) is 5.26 Å². The number of carbonyl (C=O) groups excluding carboxylic acids is 2. The zero-order chi connectivity index (χ0) is 16.1. The molecule has 6 heteroatoms. The van der Waals surface area contributed by atoms with E-state index in [1.807, 2.05) is 0 Å². The number of hydrogen-bond acceptors (Lipinski definition) is 4. The second-order valence-electron chi connectivity index (χ2n) is 6.36. The van der Waals surface area contributed by atoms with Crippen LogP contribution in [0.15, 0.2) is 12.1 Å². The smallest absolute Gasteiger partial charge is 0.332 e. The lowest BCUT2D eigenvalue weighted by Gasteiger charge is -2.25. The Labute approximate surface area is 133 Å².